The van der Waals surface area contributed by atoms with Crippen LogP contribution in [0.4, 0.5) is 0 Å². The number of thioether (sulfide) groups is 1. The van der Waals surface area contributed by atoms with E-state index in [1.165, 1.54) is 16.0 Å². The Labute approximate surface area is 161 Å². The Hall–Kier alpha value is -1.78. The molecule has 0 aromatic heterocycles. The number of nitrogens with one attached hydrogen (secondary N) is 1. The summed E-state index contributed by atoms with van der Waals surface area (Å²) in [4.78, 5) is 16.2. The molecule has 0 saturated carbocycles. The maximum atomic E-state index is 12.3. The molecule has 1 saturated heterocycles. The van der Waals surface area contributed by atoms with Crippen LogP contribution in [0.25, 0.3) is 0 Å². The van der Waals surface area contributed by atoms with Crippen molar-refractivity contribution >= 4 is 17.7 Å². The molecular weight excluding hydrogens is 340 g/mol. The average molecular weight is 369 g/mol. The molecular formula is C22H28N2OS. The number of hydrogen-bond acceptors (Lipinski definition) is 3. The third kappa shape index (κ3) is 5.12. The number of nitrogens with zero attached hydrogens (tertiary/aromatic N) is 1. The van der Waals surface area contributed by atoms with Gasteiger partial charge in [-0.1, -0.05) is 35.9 Å². The maximum Gasteiger partial charge on any atom is 0.251 e. The molecule has 0 unspecified atom stereocenters. The van der Waals surface area contributed by atoms with Gasteiger partial charge in [0.1, 0.15) is 0 Å². The first kappa shape index (κ1) is 19.0. The van der Waals surface area contributed by atoms with Crippen LogP contribution in [-0.4, -0.2) is 36.7 Å². The number of carbonyl (C=O) groups is 1. The Kier molecular flexibility index (Phi) is 6.75. The molecule has 0 spiro atoms. The molecule has 4 heteroatoms. The number of hydrogen-bond donors (Lipinski definition) is 1. The second-order valence-corrected chi connectivity index (χ2v) is 7.96. The molecule has 0 atom stereocenters. The molecule has 1 heterocycles. The van der Waals surface area contributed by atoms with Gasteiger partial charge in [-0.15, -0.1) is 11.8 Å². The lowest BCUT2D eigenvalue weighted by atomic mass is 9.96. The van der Waals surface area contributed by atoms with Crippen LogP contribution in [0.1, 0.15) is 34.3 Å². The highest BCUT2D eigenvalue weighted by atomic mass is 32.2. The fraction of sp³-hybridized carbons (Fsp3) is 0.409. The van der Waals surface area contributed by atoms with Crippen LogP contribution in [0.5, 0.6) is 0 Å². The Morgan fingerprint density at radius 1 is 1.12 bits per heavy atom. The summed E-state index contributed by atoms with van der Waals surface area (Å²) in [6, 6.07) is 16.4. The van der Waals surface area contributed by atoms with Crippen molar-refractivity contribution in [3.8, 4) is 0 Å². The Bertz CT molecular complexity index is 721. The molecule has 3 nitrogen and oxygen atoms in total. The minimum Gasteiger partial charge on any atom is -0.352 e. The number of piperidine rings is 1. The van der Waals surface area contributed by atoms with E-state index in [0.29, 0.717) is 5.92 Å². The first-order valence-electron chi connectivity index (χ1n) is 9.35. The smallest absolute Gasteiger partial charge is 0.251 e. The van der Waals surface area contributed by atoms with Gasteiger partial charge >= 0.3 is 0 Å². The van der Waals surface area contributed by atoms with Crippen LogP contribution >= 0.6 is 11.8 Å². The van der Waals surface area contributed by atoms with E-state index in [0.717, 1.165) is 44.6 Å². The van der Waals surface area contributed by atoms with Crippen molar-refractivity contribution in [1.82, 2.24) is 10.2 Å². The van der Waals surface area contributed by atoms with Crippen molar-refractivity contribution in [3.05, 3.63) is 65.2 Å². The third-order valence-electron chi connectivity index (χ3n) is 5.16. The van der Waals surface area contributed by atoms with Gasteiger partial charge < -0.3 is 5.32 Å². The second-order valence-electron chi connectivity index (χ2n) is 7.11. The van der Waals surface area contributed by atoms with E-state index >= 15 is 0 Å². The zero-order chi connectivity index (χ0) is 18.4. The van der Waals surface area contributed by atoms with E-state index in [9.17, 15) is 4.79 Å². The number of amides is 1. The van der Waals surface area contributed by atoms with E-state index < -0.39 is 0 Å². The van der Waals surface area contributed by atoms with Gasteiger partial charge in [-0.2, -0.15) is 0 Å². The van der Waals surface area contributed by atoms with E-state index in [1.807, 2.05) is 43.0 Å². The van der Waals surface area contributed by atoms with Gasteiger partial charge in [-0.05, 0) is 68.8 Å². The van der Waals surface area contributed by atoms with Crippen LogP contribution in [0, 0.1) is 12.8 Å². The summed E-state index contributed by atoms with van der Waals surface area (Å²) in [5.41, 5.74) is 3.35. The van der Waals surface area contributed by atoms with Gasteiger partial charge in [0.05, 0.1) is 0 Å². The van der Waals surface area contributed by atoms with E-state index in [4.69, 9.17) is 0 Å². The molecule has 1 amide bonds. The zero-order valence-corrected chi connectivity index (χ0v) is 16.5. The molecule has 1 N–H and O–H groups in total. The first-order valence-corrected chi connectivity index (χ1v) is 10.6. The monoisotopic (exact) mass is 368 g/mol. The van der Waals surface area contributed by atoms with Gasteiger partial charge in [0.2, 0.25) is 0 Å². The molecule has 0 radical (unpaired) electrons. The predicted molar refractivity (Wildman–Crippen MR) is 110 cm³/mol. The highest BCUT2D eigenvalue weighted by Crippen LogP contribution is 2.24. The normalized spacial score (nSPS) is 15.8. The fourth-order valence-corrected chi connectivity index (χ4v) is 4.08. The summed E-state index contributed by atoms with van der Waals surface area (Å²) in [5, 5.41) is 3.11. The largest absolute Gasteiger partial charge is 0.352 e. The number of rotatable bonds is 6. The minimum atomic E-state index is 0.0429. The minimum absolute atomic E-state index is 0.0429. The van der Waals surface area contributed by atoms with E-state index in [2.05, 4.69) is 40.7 Å². The van der Waals surface area contributed by atoms with Crippen LogP contribution in [0.15, 0.2) is 53.4 Å². The van der Waals surface area contributed by atoms with Crippen LogP contribution in [0.3, 0.4) is 0 Å². The van der Waals surface area contributed by atoms with Crippen LogP contribution in [0.2, 0.25) is 0 Å². The Morgan fingerprint density at radius 3 is 2.50 bits per heavy atom. The van der Waals surface area contributed by atoms with Crippen molar-refractivity contribution in [1.29, 1.82) is 0 Å². The van der Waals surface area contributed by atoms with Crippen molar-refractivity contribution in [2.24, 2.45) is 5.92 Å². The van der Waals surface area contributed by atoms with E-state index in [-0.39, 0.29) is 5.91 Å². The topological polar surface area (TPSA) is 32.3 Å². The Morgan fingerprint density at radius 2 is 1.81 bits per heavy atom. The van der Waals surface area contributed by atoms with Crippen molar-refractivity contribution < 1.29 is 4.79 Å². The standard InChI is InChI=1S/C22H28N2OS/c1-17-7-9-19(10-8-17)22(25)23-15-18-11-13-24(14-12-18)16-20-5-3-4-6-21(20)26-2/h3-10,18H,11-16H2,1-2H3,(H,23,25). The number of carbonyl (C=O) groups excluding carboxylic acids is 1. The quantitative estimate of drug-likeness (QED) is 0.769. The molecule has 3 rings (SSSR count). The predicted octanol–water partition coefficient (Wildman–Crippen LogP) is 4.36. The number of likely N-dealkylation sites (tertiary alicyclic amines) is 1. The fourth-order valence-electron chi connectivity index (χ4n) is 3.47. The summed E-state index contributed by atoms with van der Waals surface area (Å²) in [7, 11) is 0. The Balaban J connectivity index is 1.43. The molecule has 0 aliphatic carbocycles. The zero-order valence-electron chi connectivity index (χ0n) is 15.7. The first-order chi connectivity index (χ1) is 12.7. The lowest BCUT2D eigenvalue weighted by molar-refractivity contribution is 0.0935. The van der Waals surface area contributed by atoms with Crippen molar-refractivity contribution in [2.75, 3.05) is 25.9 Å². The van der Waals surface area contributed by atoms with Gasteiger partial charge in [0.15, 0.2) is 0 Å². The SMILES string of the molecule is CSc1ccccc1CN1CCC(CNC(=O)c2ccc(C)cc2)CC1. The van der Waals surface area contributed by atoms with E-state index in [1.54, 1.807) is 0 Å². The summed E-state index contributed by atoms with van der Waals surface area (Å²) < 4.78 is 0. The third-order valence-corrected chi connectivity index (χ3v) is 6.00. The molecule has 2 aromatic rings. The maximum absolute atomic E-state index is 12.3. The van der Waals surface area contributed by atoms with Crippen LogP contribution < -0.4 is 5.32 Å². The van der Waals surface area contributed by atoms with Crippen molar-refractivity contribution in [3.63, 3.8) is 0 Å². The summed E-state index contributed by atoms with van der Waals surface area (Å²) in [6.45, 7) is 6.05. The molecule has 2 aromatic carbocycles. The highest BCUT2D eigenvalue weighted by molar-refractivity contribution is 7.98. The summed E-state index contributed by atoms with van der Waals surface area (Å²) >= 11 is 1.82. The van der Waals surface area contributed by atoms with Gasteiger partial charge in [-0.25, -0.2) is 0 Å². The summed E-state index contributed by atoms with van der Waals surface area (Å²) in [6.07, 6.45) is 4.44. The molecule has 26 heavy (non-hydrogen) atoms. The van der Waals surface area contributed by atoms with Gasteiger partial charge in [0.25, 0.3) is 5.91 Å². The van der Waals surface area contributed by atoms with Crippen molar-refractivity contribution in [2.45, 2.75) is 31.2 Å². The molecule has 1 aliphatic rings. The number of benzene rings is 2. The molecule has 138 valence electrons. The molecule has 0 bridgehead atoms. The summed E-state index contributed by atoms with van der Waals surface area (Å²) in [5.74, 6) is 0.623. The molecule has 1 aliphatic heterocycles. The number of aryl methyl sites for hydroxylation is 1. The van der Waals surface area contributed by atoms with Gasteiger partial charge in [0, 0.05) is 23.5 Å². The second kappa shape index (κ2) is 9.24. The lowest BCUT2D eigenvalue weighted by Crippen LogP contribution is -2.38. The lowest BCUT2D eigenvalue weighted by Gasteiger charge is -2.32. The average Bonchev–Trinajstić information content (AvgIpc) is 2.68. The van der Waals surface area contributed by atoms with Gasteiger partial charge in [-0.3, -0.25) is 9.69 Å². The highest BCUT2D eigenvalue weighted by Gasteiger charge is 2.20. The van der Waals surface area contributed by atoms with Crippen LogP contribution in [-0.2, 0) is 6.54 Å². The molecule has 1 fully saturated rings.